The lowest BCUT2D eigenvalue weighted by Gasteiger charge is -2.14. The summed E-state index contributed by atoms with van der Waals surface area (Å²) in [5.41, 5.74) is 4.53. The Bertz CT molecular complexity index is 972. The van der Waals surface area contributed by atoms with E-state index in [9.17, 15) is 4.79 Å². The van der Waals surface area contributed by atoms with E-state index in [1.807, 2.05) is 55.4 Å². The van der Waals surface area contributed by atoms with E-state index in [0.717, 1.165) is 34.7 Å². The molecule has 0 saturated carbocycles. The van der Waals surface area contributed by atoms with Crippen LogP contribution in [0, 0.1) is 0 Å². The lowest BCUT2D eigenvalue weighted by Crippen LogP contribution is -2.34. The average Bonchev–Trinajstić information content (AvgIpc) is 3.16. The van der Waals surface area contributed by atoms with Gasteiger partial charge in [0.05, 0.1) is 18.4 Å². The fraction of sp³-hybridized carbons (Fsp3) is 0.227. The first-order valence-electron chi connectivity index (χ1n) is 9.22. The first kappa shape index (κ1) is 18.0. The van der Waals surface area contributed by atoms with Gasteiger partial charge in [0.25, 0.3) is 5.91 Å². The molecule has 2 aromatic carbocycles. The van der Waals surface area contributed by atoms with Crippen LogP contribution in [0.25, 0.3) is 11.3 Å². The molecule has 1 amide bonds. The van der Waals surface area contributed by atoms with E-state index in [-0.39, 0.29) is 12.0 Å². The molecule has 0 bridgehead atoms. The van der Waals surface area contributed by atoms with E-state index in [1.54, 1.807) is 18.6 Å². The second-order valence-electron chi connectivity index (χ2n) is 6.98. The summed E-state index contributed by atoms with van der Waals surface area (Å²) < 4.78 is 6.14. The van der Waals surface area contributed by atoms with Crippen LogP contribution in [0.4, 0.5) is 5.69 Å². The zero-order valence-corrected chi connectivity index (χ0v) is 15.9. The van der Waals surface area contributed by atoms with Crippen LogP contribution in [0.5, 0.6) is 5.75 Å². The van der Waals surface area contributed by atoms with Crippen LogP contribution in [0.2, 0.25) is 0 Å². The Morgan fingerprint density at radius 1 is 1.18 bits per heavy atom. The molecule has 1 aliphatic heterocycles. The predicted octanol–water partition coefficient (Wildman–Crippen LogP) is 2.94. The van der Waals surface area contributed by atoms with Crippen molar-refractivity contribution in [2.75, 3.05) is 25.5 Å². The topological polar surface area (TPSA) is 67.4 Å². The third-order valence-corrected chi connectivity index (χ3v) is 4.80. The summed E-state index contributed by atoms with van der Waals surface area (Å²) >= 11 is 0. The fourth-order valence-corrected chi connectivity index (χ4v) is 3.31. The predicted molar refractivity (Wildman–Crippen MR) is 109 cm³/mol. The monoisotopic (exact) mass is 374 g/mol. The number of hydrogen-bond donors (Lipinski definition) is 1. The maximum atomic E-state index is 12.4. The van der Waals surface area contributed by atoms with Crippen molar-refractivity contribution in [3.05, 3.63) is 72.2 Å². The van der Waals surface area contributed by atoms with E-state index >= 15 is 0 Å². The summed E-state index contributed by atoms with van der Waals surface area (Å²) in [5.74, 6) is 0.733. The Labute approximate surface area is 164 Å². The van der Waals surface area contributed by atoms with Crippen molar-refractivity contribution in [1.29, 1.82) is 0 Å². The van der Waals surface area contributed by atoms with Crippen molar-refractivity contribution in [3.8, 4) is 17.0 Å². The van der Waals surface area contributed by atoms with Crippen LogP contribution in [0.1, 0.15) is 15.9 Å². The van der Waals surface area contributed by atoms with Gasteiger partial charge in [0.15, 0.2) is 0 Å². The second-order valence-corrected chi connectivity index (χ2v) is 6.98. The summed E-state index contributed by atoms with van der Waals surface area (Å²) in [6.45, 7) is 0.447. The van der Waals surface area contributed by atoms with Gasteiger partial charge in [0, 0.05) is 49.7 Å². The lowest BCUT2D eigenvalue weighted by molar-refractivity contribution is 0.0933. The molecule has 0 unspecified atom stereocenters. The van der Waals surface area contributed by atoms with Crippen molar-refractivity contribution in [3.63, 3.8) is 0 Å². The van der Waals surface area contributed by atoms with Gasteiger partial charge in [-0.15, -0.1) is 0 Å². The molecule has 0 saturated heterocycles. The molecule has 4 rings (SSSR count). The van der Waals surface area contributed by atoms with Gasteiger partial charge in [-0.2, -0.15) is 0 Å². The number of aromatic nitrogens is 2. The minimum absolute atomic E-state index is 0.0981. The highest BCUT2D eigenvalue weighted by atomic mass is 16.5. The van der Waals surface area contributed by atoms with Crippen molar-refractivity contribution < 1.29 is 9.53 Å². The summed E-state index contributed by atoms with van der Waals surface area (Å²) in [7, 11) is 3.94. The molecule has 28 heavy (non-hydrogen) atoms. The Balaban J connectivity index is 1.41. The molecule has 2 heterocycles. The van der Waals surface area contributed by atoms with Gasteiger partial charge in [-0.3, -0.25) is 14.8 Å². The largest absolute Gasteiger partial charge is 0.487 e. The van der Waals surface area contributed by atoms with Gasteiger partial charge >= 0.3 is 0 Å². The van der Waals surface area contributed by atoms with Crippen LogP contribution < -0.4 is 15.0 Å². The van der Waals surface area contributed by atoms with Crippen molar-refractivity contribution in [2.45, 2.75) is 12.5 Å². The molecule has 142 valence electrons. The third kappa shape index (κ3) is 3.67. The van der Waals surface area contributed by atoms with Crippen molar-refractivity contribution in [2.24, 2.45) is 0 Å². The van der Waals surface area contributed by atoms with E-state index in [1.165, 1.54) is 0 Å². The Morgan fingerprint density at radius 2 is 2.00 bits per heavy atom. The van der Waals surface area contributed by atoms with Gasteiger partial charge in [-0.25, -0.2) is 0 Å². The summed E-state index contributed by atoms with van der Waals surface area (Å²) in [4.78, 5) is 23.0. The van der Waals surface area contributed by atoms with Crippen molar-refractivity contribution >= 4 is 11.6 Å². The zero-order chi connectivity index (χ0) is 19.5. The van der Waals surface area contributed by atoms with E-state index < -0.39 is 0 Å². The number of anilines is 1. The number of nitrogens with zero attached hydrogens (tertiary/aromatic N) is 3. The van der Waals surface area contributed by atoms with Crippen LogP contribution in [-0.4, -0.2) is 42.6 Å². The fourth-order valence-electron chi connectivity index (χ4n) is 3.31. The minimum atomic E-state index is -0.0992. The van der Waals surface area contributed by atoms with E-state index in [0.29, 0.717) is 12.1 Å². The molecule has 1 aromatic heterocycles. The molecule has 6 heteroatoms. The summed E-state index contributed by atoms with van der Waals surface area (Å²) in [6.07, 6.45) is 5.70. The van der Waals surface area contributed by atoms with Gasteiger partial charge in [0.2, 0.25) is 0 Å². The molecule has 1 aliphatic rings. The number of amides is 1. The highest BCUT2D eigenvalue weighted by Gasteiger charge is 2.26. The minimum Gasteiger partial charge on any atom is -0.487 e. The van der Waals surface area contributed by atoms with Gasteiger partial charge in [0.1, 0.15) is 11.9 Å². The average molecular weight is 374 g/mol. The smallest absolute Gasteiger partial charge is 0.251 e. The van der Waals surface area contributed by atoms with Crippen LogP contribution in [0.15, 0.2) is 61.1 Å². The first-order valence-corrected chi connectivity index (χ1v) is 9.22. The Morgan fingerprint density at radius 3 is 2.71 bits per heavy atom. The number of carbonyl (C=O) groups is 1. The number of ether oxygens (including phenoxy) is 1. The number of fused-ring (bicyclic) bond motifs is 1. The summed E-state index contributed by atoms with van der Waals surface area (Å²) in [6, 6.07) is 13.6. The molecule has 0 spiro atoms. The van der Waals surface area contributed by atoms with Gasteiger partial charge in [-0.05, 0) is 35.9 Å². The first-order chi connectivity index (χ1) is 13.6. The number of rotatable bonds is 5. The zero-order valence-electron chi connectivity index (χ0n) is 15.9. The number of nitrogens with one attached hydrogen (secondary N) is 1. The quantitative estimate of drug-likeness (QED) is 0.744. The number of carbonyl (C=O) groups excluding carboxylic acids is 1. The molecular weight excluding hydrogens is 352 g/mol. The standard InChI is InChI=1S/C22H22N4O2/c1-26(2)17-8-6-15(7-9-17)22(27)25-13-18-12-16-4-3-5-19(21(16)28-18)20-14-23-10-11-24-20/h3-11,14,18H,12-13H2,1-2H3,(H,25,27)/t18-/m0/s1. The SMILES string of the molecule is CN(C)c1ccc(C(=O)NC[C@@H]2Cc3cccc(-c4cnccn4)c3O2)cc1. The number of para-hydroxylation sites is 1. The van der Waals surface area contributed by atoms with Gasteiger partial charge in [-0.1, -0.05) is 12.1 Å². The molecule has 1 N–H and O–H groups in total. The summed E-state index contributed by atoms with van der Waals surface area (Å²) in [5, 5.41) is 2.98. The molecule has 3 aromatic rings. The van der Waals surface area contributed by atoms with Crippen LogP contribution in [0.3, 0.4) is 0 Å². The maximum Gasteiger partial charge on any atom is 0.251 e. The van der Waals surface area contributed by atoms with Crippen molar-refractivity contribution in [1.82, 2.24) is 15.3 Å². The number of hydrogen-bond acceptors (Lipinski definition) is 5. The van der Waals surface area contributed by atoms with E-state index in [4.69, 9.17) is 4.74 Å². The van der Waals surface area contributed by atoms with Gasteiger partial charge < -0.3 is 15.0 Å². The Kier molecular flexibility index (Phi) is 4.93. The molecule has 6 nitrogen and oxygen atoms in total. The molecular formula is C22H22N4O2. The van der Waals surface area contributed by atoms with Crippen LogP contribution in [-0.2, 0) is 6.42 Å². The lowest BCUT2D eigenvalue weighted by atomic mass is 10.0. The normalized spacial score (nSPS) is 14.9. The highest BCUT2D eigenvalue weighted by Crippen LogP contribution is 2.37. The maximum absolute atomic E-state index is 12.4. The molecule has 0 radical (unpaired) electrons. The third-order valence-electron chi connectivity index (χ3n) is 4.80. The molecule has 0 aliphatic carbocycles. The highest BCUT2D eigenvalue weighted by molar-refractivity contribution is 5.94. The number of benzene rings is 2. The second kappa shape index (κ2) is 7.68. The molecule has 1 atom stereocenters. The van der Waals surface area contributed by atoms with Crippen LogP contribution >= 0.6 is 0 Å². The van der Waals surface area contributed by atoms with E-state index in [2.05, 4.69) is 21.4 Å². The molecule has 0 fully saturated rings. The Hall–Kier alpha value is -3.41.